The molecule has 3 heteroatoms. The molecule has 0 atom stereocenters. The van der Waals surface area contributed by atoms with Crippen LogP contribution in [0.3, 0.4) is 0 Å². The lowest BCUT2D eigenvalue weighted by molar-refractivity contribution is 0.281. The van der Waals surface area contributed by atoms with Crippen LogP contribution >= 0.6 is 0 Å². The molecule has 3 nitrogen and oxygen atoms in total. The highest BCUT2D eigenvalue weighted by Gasteiger charge is 2.19. The highest BCUT2D eigenvalue weighted by molar-refractivity contribution is 5.40. The number of nitrogens with one attached hydrogen (secondary N) is 1. The van der Waals surface area contributed by atoms with E-state index in [1.54, 1.807) is 0 Å². The number of hydrogen-bond acceptors (Lipinski definition) is 3. The lowest BCUT2D eigenvalue weighted by Gasteiger charge is -2.11. The summed E-state index contributed by atoms with van der Waals surface area (Å²) in [6.45, 7) is 3.01. The molecule has 0 radical (unpaired) electrons. The van der Waals surface area contributed by atoms with Gasteiger partial charge >= 0.3 is 0 Å². The van der Waals surface area contributed by atoms with Crippen molar-refractivity contribution < 1.29 is 9.84 Å². The number of ether oxygens (including phenoxy) is 1. The fourth-order valence-electron chi connectivity index (χ4n) is 2.32. The maximum Gasteiger partial charge on any atom is 0.130 e. The fourth-order valence-corrected chi connectivity index (χ4v) is 2.32. The van der Waals surface area contributed by atoms with Gasteiger partial charge in [0, 0.05) is 12.6 Å². The second-order valence-electron chi connectivity index (χ2n) is 5.66. The molecule has 0 saturated heterocycles. The van der Waals surface area contributed by atoms with Crippen molar-refractivity contribution in [2.75, 3.05) is 0 Å². The summed E-state index contributed by atoms with van der Waals surface area (Å²) < 4.78 is 5.91. The third kappa shape index (κ3) is 3.84. The van der Waals surface area contributed by atoms with Crippen LogP contribution in [0.5, 0.6) is 11.5 Å². The van der Waals surface area contributed by atoms with Gasteiger partial charge in [0.25, 0.3) is 0 Å². The first-order valence-electron chi connectivity index (χ1n) is 7.45. The first-order chi connectivity index (χ1) is 10.2. The molecule has 0 unspecified atom stereocenters. The van der Waals surface area contributed by atoms with Crippen molar-refractivity contribution in [2.45, 2.75) is 39.0 Å². The van der Waals surface area contributed by atoms with Gasteiger partial charge in [-0.05, 0) is 54.7 Å². The van der Waals surface area contributed by atoms with Crippen LogP contribution < -0.4 is 10.1 Å². The van der Waals surface area contributed by atoms with E-state index in [9.17, 15) is 0 Å². The third-order valence-corrected chi connectivity index (χ3v) is 3.72. The minimum atomic E-state index is 0.0297. The lowest BCUT2D eigenvalue weighted by Crippen LogP contribution is -2.15. The largest absolute Gasteiger partial charge is 0.457 e. The minimum Gasteiger partial charge on any atom is -0.457 e. The van der Waals surface area contributed by atoms with Crippen LogP contribution in [-0.2, 0) is 13.2 Å². The molecule has 0 heterocycles. The predicted octanol–water partition coefficient (Wildman–Crippen LogP) is 3.53. The molecule has 1 aliphatic carbocycles. The van der Waals surface area contributed by atoms with Crippen molar-refractivity contribution >= 4 is 0 Å². The van der Waals surface area contributed by atoms with Crippen LogP contribution in [0.2, 0.25) is 0 Å². The van der Waals surface area contributed by atoms with Crippen LogP contribution in [-0.4, -0.2) is 11.1 Å². The van der Waals surface area contributed by atoms with Gasteiger partial charge in [-0.15, -0.1) is 0 Å². The average molecular weight is 283 g/mol. The van der Waals surface area contributed by atoms with Gasteiger partial charge in [-0.25, -0.2) is 0 Å². The third-order valence-electron chi connectivity index (χ3n) is 3.72. The van der Waals surface area contributed by atoms with Crippen molar-refractivity contribution in [3.63, 3.8) is 0 Å². The second-order valence-corrected chi connectivity index (χ2v) is 5.66. The van der Waals surface area contributed by atoms with E-state index in [0.717, 1.165) is 35.2 Å². The summed E-state index contributed by atoms with van der Waals surface area (Å²) in [6, 6.07) is 14.6. The van der Waals surface area contributed by atoms with Crippen LogP contribution in [0, 0.1) is 6.92 Å². The molecular weight excluding hydrogens is 262 g/mol. The van der Waals surface area contributed by atoms with Gasteiger partial charge in [-0.1, -0.05) is 24.3 Å². The summed E-state index contributed by atoms with van der Waals surface area (Å²) in [5.41, 5.74) is 3.27. The van der Waals surface area contributed by atoms with Crippen molar-refractivity contribution in [3.05, 3.63) is 59.2 Å². The summed E-state index contributed by atoms with van der Waals surface area (Å²) in [4.78, 5) is 0. The summed E-state index contributed by atoms with van der Waals surface area (Å²) in [6.07, 6.45) is 2.61. The SMILES string of the molecule is Cc1cc(CNC2CC2)ccc1Oc1cccc(CO)c1. The molecule has 1 aliphatic rings. The fraction of sp³-hybridized carbons (Fsp3) is 0.333. The van der Waals surface area contributed by atoms with Gasteiger partial charge in [0.15, 0.2) is 0 Å². The summed E-state index contributed by atoms with van der Waals surface area (Å²) in [5, 5.41) is 12.7. The maximum absolute atomic E-state index is 9.17. The molecule has 2 aromatic rings. The first kappa shape index (κ1) is 14.1. The molecule has 0 bridgehead atoms. The minimum absolute atomic E-state index is 0.0297. The van der Waals surface area contributed by atoms with E-state index in [-0.39, 0.29) is 6.61 Å². The zero-order valence-corrected chi connectivity index (χ0v) is 12.3. The Hall–Kier alpha value is -1.84. The smallest absolute Gasteiger partial charge is 0.130 e. The second kappa shape index (κ2) is 6.29. The Morgan fingerprint density at radius 2 is 2.00 bits per heavy atom. The molecular formula is C18H21NO2. The number of aliphatic hydroxyl groups is 1. The Balaban J connectivity index is 1.69. The van der Waals surface area contributed by atoms with E-state index in [0.29, 0.717) is 0 Å². The van der Waals surface area contributed by atoms with Gasteiger partial charge in [0.1, 0.15) is 11.5 Å². The van der Waals surface area contributed by atoms with Gasteiger partial charge in [-0.2, -0.15) is 0 Å². The normalized spacial score (nSPS) is 14.2. The molecule has 0 aliphatic heterocycles. The monoisotopic (exact) mass is 283 g/mol. The van der Waals surface area contributed by atoms with Gasteiger partial charge in [-0.3, -0.25) is 0 Å². The molecule has 0 amide bonds. The number of rotatable bonds is 6. The molecule has 1 fully saturated rings. The van der Waals surface area contributed by atoms with Gasteiger partial charge in [0.05, 0.1) is 6.61 Å². The van der Waals surface area contributed by atoms with E-state index in [4.69, 9.17) is 9.84 Å². The van der Waals surface area contributed by atoms with Crippen molar-refractivity contribution in [1.82, 2.24) is 5.32 Å². The first-order valence-corrected chi connectivity index (χ1v) is 7.45. The Bertz CT molecular complexity index is 620. The van der Waals surface area contributed by atoms with Crippen molar-refractivity contribution in [3.8, 4) is 11.5 Å². The molecule has 3 rings (SSSR count). The Morgan fingerprint density at radius 3 is 2.71 bits per heavy atom. The Morgan fingerprint density at radius 1 is 1.14 bits per heavy atom. The Kier molecular flexibility index (Phi) is 4.23. The van der Waals surface area contributed by atoms with E-state index >= 15 is 0 Å². The molecule has 1 saturated carbocycles. The maximum atomic E-state index is 9.17. The molecule has 2 N–H and O–H groups in total. The van der Waals surface area contributed by atoms with Crippen LogP contribution in [0.15, 0.2) is 42.5 Å². The topological polar surface area (TPSA) is 41.5 Å². The number of aryl methyl sites for hydroxylation is 1. The summed E-state index contributed by atoms with van der Waals surface area (Å²) in [7, 11) is 0. The predicted molar refractivity (Wildman–Crippen MR) is 83.5 cm³/mol. The van der Waals surface area contributed by atoms with E-state index in [1.807, 2.05) is 30.3 Å². The van der Waals surface area contributed by atoms with Crippen LogP contribution in [0.25, 0.3) is 0 Å². The highest BCUT2D eigenvalue weighted by Crippen LogP contribution is 2.27. The Labute approximate surface area is 125 Å². The zero-order valence-electron chi connectivity index (χ0n) is 12.3. The highest BCUT2D eigenvalue weighted by atomic mass is 16.5. The quantitative estimate of drug-likeness (QED) is 0.852. The number of hydrogen-bond donors (Lipinski definition) is 2. The van der Waals surface area contributed by atoms with E-state index < -0.39 is 0 Å². The summed E-state index contributed by atoms with van der Waals surface area (Å²) >= 11 is 0. The van der Waals surface area contributed by atoms with Crippen molar-refractivity contribution in [1.29, 1.82) is 0 Å². The molecule has 0 spiro atoms. The van der Waals surface area contributed by atoms with Crippen molar-refractivity contribution in [2.24, 2.45) is 0 Å². The number of benzene rings is 2. The summed E-state index contributed by atoms with van der Waals surface area (Å²) in [5.74, 6) is 1.62. The average Bonchev–Trinajstić information content (AvgIpc) is 3.32. The lowest BCUT2D eigenvalue weighted by atomic mass is 10.1. The van der Waals surface area contributed by atoms with Crippen LogP contribution in [0.4, 0.5) is 0 Å². The molecule has 2 aromatic carbocycles. The molecule has 110 valence electrons. The molecule has 0 aromatic heterocycles. The van der Waals surface area contributed by atoms with Gasteiger partial charge in [0.2, 0.25) is 0 Å². The van der Waals surface area contributed by atoms with E-state index in [2.05, 4.69) is 24.4 Å². The van der Waals surface area contributed by atoms with Crippen LogP contribution in [0.1, 0.15) is 29.5 Å². The van der Waals surface area contributed by atoms with E-state index in [1.165, 1.54) is 18.4 Å². The molecule has 21 heavy (non-hydrogen) atoms. The number of aliphatic hydroxyl groups excluding tert-OH is 1. The standard InChI is InChI=1S/C18H21NO2/c1-13-9-14(11-19-16-6-7-16)5-8-18(13)21-17-4-2-3-15(10-17)12-20/h2-5,8-10,16,19-20H,6-7,11-12H2,1H3. The van der Waals surface area contributed by atoms with Gasteiger partial charge < -0.3 is 15.2 Å². The zero-order chi connectivity index (χ0) is 14.7.